The Morgan fingerprint density at radius 3 is 2.35 bits per heavy atom. The van der Waals surface area contributed by atoms with E-state index in [9.17, 15) is 5.11 Å². The van der Waals surface area contributed by atoms with Crippen LogP contribution in [0.3, 0.4) is 0 Å². The van der Waals surface area contributed by atoms with Crippen LogP contribution in [0.2, 0.25) is 0 Å². The van der Waals surface area contributed by atoms with Crippen LogP contribution in [0.15, 0.2) is 24.3 Å². The Kier molecular flexibility index (Phi) is 4.97. The summed E-state index contributed by atoms with van der Waals surface area (Å²) in [5.74, 6) is 0.878. The molecule has 0 amide bonds. The van der Waals surface area contributed by atoms with Crippen LogP contribution in [0.25, 0.3) is 0 Å². The molecular formula is C14H23NO2. The van der Waals surface area contributed by atoms with Crippen LogP contribution in [0.1, 0.15) is 26.3 Å². The molecule has 2 N–H and O–H groups in total. The summed E-state index contributed by atoms with van der Waals surface area (Å²) in [4.78, 5) is 0. The van der Waals surface area contributed by atoms with E-state index in [1.165, 1.54) is 5.56 Å². The average molecular weight is 237 g/mol. The monoisotopic (exact) mass is 237 g/mol. The van der Waals surface area contributed by atoms with E-state index >= 15 is 0 Å². The summed E-state index contributed by atoms with van der Waals surface area (Å²) in [6, 6.07) is 8.09. The molecule has 0 aliphatic rings. The van der Waals surface area contributed by atoms with E-state index < -0.39 is 0 Å². The first-order chi connectivity index (χ1) is 7.93. The maximum Gasteiger partial charge on any atom is 0.118 e. The SMILES string of the molecule is COc1ccc(CC(C)(C)NCC(C)O)cc1. The van der Waals surface area contributed by atoms with Gasteiger partial charge in [0.15, 0.2) is 0 Å². The summed E-state index contributed by atoms with van der Waals surface area (Å²) in [6.45, 7) is 6.68. The molecule has 3 nitrogen and oxygen atoms in total. The highest BCUT2D eigenvalue weighted by Gasteiger charge is 2.18. The molecule has 1 atom stereocenters. The highest BCUT2D eigenvalue weighted by Crippen LogP contribution is 2.16. The number of ether oxygens (including phenoxy) is 1. The Morgan fingerprint density at radius 2 is 1.88 bits per heavy atom. The Balaban J connectivity index is 2.56. The lowest BCUT2D eigenvalue weighted by Gasteiger charge is -2.27. The number of benzene rings is 1. The van der Waals surface area contributed by atoms with Gasteiger partial charge in [-0.25, -0.2) is 0 Å². The van der Waals surface area contributed by atoms with Gasteiger partial charge in [-0.2, -0.15) is 0 Å². The third-order valence-corrected chi connectivity index (χ3v) is 2.68. The Bertz CT molecular complexity index is 331. The zero-order valence-electron chi connectivity index (χ0n) is 11.2. The number of nitrogens with one attached hydrogen (secondary N) is 1. The Hall–Kier alpha value is -1.06. The van der Waals surface area contributed by atoms with Gasteiger partial charge < -0.3 is 15.2 Å². The van der Waals surface area contributed by atoms with Crippen molar-refractivity contribution in [2.24, 2.45) is 0 Å². The fourth-order valence-electron chi connectivity index (χ4n) is 1.74. The average Bonchev–Trinajstić information content (AvgIpc) is 2.27. The van der Waals surface area contributed by atoms with Gasteiger partial charge in [0.2, 0.25) is 0 Å². The third kappa shape index (κ3) is 5.20. The number of aliphatic hydroxyl groups is 1. The number of methoxy groups -OCH3 is 1. The smallest absolute Gasteiger partial charge is 0.118 e. The summed E-state index contributed by atoms with van der Waals surface area (Å²) in [7, 11) is 1.67. The molecule has 1 rings (SSSR count). The van der Waals surface area contributed by atoms with E-state index in [-0.39, 0.29) is 11.6 Å². The molecule has 1 unspecified atom stereocenters. The van der Waals surface area contributed by atoms with Gasteiger partial charge in [-0.05, 0) is 44.9 Å². The molecule has 96 valence electrons. The van der Waals surface area contributed by atoms with Crippen LogP contribution in [-0.4, -0.2) is 30.4 Å². The number of hydrogen-bond acceptors (Lipinski definition) is 3. The van der Waals surface area contributed by atoms with E-state index in [2.05, 4.69) is 31.3 Å². The van der Waals surface area contributed by atoms with Crippen molar-refractivity contribution < 1.29 is 9.84 Å². The zero-order valence-corrected chi connectivity index (χ0v) is 11.2. The van der Waals surface area contributed by atoms with E-state index in [4.69, 9.17) is 4.74 Å². The predicted octanol–water partition coefficient (Wildman–Crippen LogP) is 1.99. The Labute approximate surface area is 104 Å². The highest BCUT2D eigenvalue weighted by molar-refractivity contribution is 5.28. The van der Waals surface area contributed by atoms with Crippen molar-refractivity contribution in [2.45, 2.75) is 38.8 Å². The first-order valence-corrected chi connectivity index (χ1v) is 5.99. The van der Waals surface area contributed by atoms with Gasteiger partial charge >= 0.3 is 0 Å². The van der Waals surface area contributed by atoms with Crippen molar-refractivity contribution in [3.63, 3.8) is 0 Å². The maximum absolute atomic E-state index is 9.27. The summed E-state index contributed by atoms with van der Waals surface area (Å²) in [6.07, 6.45) is 0.606. The van der Waals surface area contributed by atoms with Crippen LogP contribution in [0.5, 0.6) is 5.75 Å². The van der Waals surface area contributed by atoms with E-state index in [0.717, 1.165) is 12.2 Å². The molecule has 1 aromatic carbocycles. The first kappa shape index (κ1) is 14.0. The molecule has 0 radical (unpaired) electrons. The molecule has 0 bridgehead atoms. The molecule has 1 aromatic rings. The number of hydrogen-bond donors (Lipinski definition) is 2. The second-order valence-electron chi connectivity index (χ2n) is 5.14. The molecule has 0 saturated heterocycles. The number of β-amino-alcohol motifs (C(OH)–C–C–N with tert-alkyl or cyclic N) is 1. The summed E-state index contributed by atoms with van der Waals surface area (Å²) in [5, 5.41) is 12.6. The molecule has 0 spiro atoms. The summed E-state index contributed by atoms with van der Waals surface area (Å²) in [5.41, 5.74) is 1.24. The van der Waals surface area contributed by atoms with Crippen LogP contribution in [0, 0.1) is 0 Å². The molecule has 0 heterocycles. The van der Waals surface area contributed by atoms with Gasteiger partial charge in [-0.15, -0.1) is 0 Å². The zero-order chi connectivity index (χ0) is 12.9. The van der Waals surface area contributed by atoms with Crippen LogP contribution in [0.4, 0.5) is 0 Å². The van der Waals surface area contributed by atoms with Crippen molar-refractivity contribution in [3.8, 4) is 5.75 Å². The van der Waals surface area contributed by atoms with Crippen molar-refractivity contribution in [3.05, 3.63) is 29.8 Å². The van der Waals surface area contributed by atoms with Crippen molar-refractivity contribution in [1.82, 2.24) is 5.32 Å². The number of aliphatic hydroxyl groups excluding tert-OH is 1. The van der Waals surface area contributed by atoms with Crippen LogP contribution >= 0.6 is 0 Å². The molecular weight excluding hydrogens is 214 g/mol. The molecule has 0 fully saturated rings. The third-order valence-electron chi connectivity index (χ3n) is 2.68. The Morgan fingerprint density at radius 1 is 1.29 bits per heavy atom. The molecule has 3 heteroatoms. The van der Waals surface area contributed by atoms with Crippen LogP contribution in [-0.2, 0) is 6.42 Å². The lowest BCUT2D eigenvalue weighted by atomic mass is 9.94. The molecule has 0 aliphatic heterocycles. The predicted molar refractivity (Wildman–Crippen MR) is 70.5 cm³/mol. The summed E-state index contributed by atoms with van der Waals surface area (Å²) < 4.78 is 5.13. The van der Waals surface area contributed by atoms with Gasteiger partial charge in [0.25, 0.3) is 0 Å². The molecule has 0 saturated carbocycles. The normalized spacial score (nSPS) is 13.5. The van der Waals surface area contributed by atoms with Gasteiger partial charge in [-0.3, -0.25) is 0 Å². The fraction of sp³-hybridized carbons (Fsp3) is 0.571. The lowest BCUT2D eigenvalue weighted by molar-refractivity contribution is 0.176. The minimum Gasteiger partial charge on any atom is -0.497 e. The number of rotatable bonds is 6. The highest BCUT2D eigenvalue weighted by atomic mass is 16.5. The van der Waals surface area contributed by atoms with Crippen molar-refractivity contribution in [2.75, 3.05) is 13.7 Å². The molecule has 0 aromatic heterocycles. The quantitative estimate of drug-likeness (QED) is 0.795. The van der Waals surface area contributed by atoms with Gasteiger partial charge in [0, 0.05) is 12.1 Å². The minimum atomic E-state index is -0.315. The van der Waals surface area contributed by atoms with E-state index in [1.54, 1.807) is 14.0 Å². The first-order valence-electron chi connectivity index (χ1n) is 5.99. The van der Waals surface area contributed by atoms with Gasteiger partial charge in [-0.1, -0.05) is 12.1 Å². The van der Waals surface area contributed by atoms with E-state index in [0.29, 0.717) is 6.54 Å². The molecule has 17 heavy (non-hydrogen) atoms. The second kappa shape index (κ2) is 6.03. The standard InChI is InChI=1S/C14H23NO2/c1-11(16)10-15-14(2,3)9-12-5-7-13(17-4)8-6-12/h5-8,11,15-16H,9-10H2,1-4H3. The maximum atomic E-state index is 9.27. The fourth-order valence-corrected chi connectivity index (χ4v) is 1.74. The van der Waals surface area contributed by atoms with Crippen molar-refractivity contribution >= 4 is 0 Å². The largest absolute Gasteiger partial charge is 0.497 e. The molecule has 0 aliphatic carbocycles. The van der Waals surface area contributed by atoms with Crippen molar-refractivity contribution in [1.29, 1.82) is 0 Å². The summed E-state index contributed by atoms with van der Waals surface area (Å²) >= 11 is 0. The van der Waals surface area contributed by atoms with E-state index in [1.807, 2.05) is 12.1 Å². The topological polar surface area (TPSA) is 41.5 Å². The second-order valence-corrected chi connectivity index (χ2v) is 5.14. The lowest BCUT2D eigenvalue weighted by Crippen LogP contribution is -2.44. The van der Waals surface area contributed by atoms with Gasteiger partial charge in [0.05, 0.1) is 13.2 Å². The van der Waals surface area contributed by atoms with Crippen LogP contribution < -0.4 is 10.1 Å². The minimum absolute atomic E-state index is 0.0222. The van der Waals surface area contributed by atoms with Gasteiger partial charge in [0.1, 0.15) is 5.75 Å².